The predicted octanol–water partition coefficient (Wildman–Crippen LogP) is 3.53. The molecule has 1 N–H and O–H groups in total. The highest BCUT2D eigenvalue weighted by molar-refractivity contribution is 6.01. The summed E-state index contributed by atoms with van der Waals surface area (Å²) >= 11 is 0. The lowest BCUT2D eigenvalue weighted by Crippen LogP contribution is -2.12. The molecule has 3 aromatic rings. The highest BCUT2D eigenvalue weighted by Crippen LogP contribution is 2.16. The van der Waals surface area contributed by atoms with Gasteiger partial charge in [0, 0.05) is 17.7 Å². The second kappa shape index (κ2) is 7.23. The van der Waals surface area contributed by atoms with Crippen molar-refractivity contribution in [3.05, 3.63) is 83.8 Å². The van der Waals surface area contributed by atoms with Crippen LogP contribution in [0.5, 0.6) is 0 Å². The van der Waals surface area contributed by atoms with Crippen LogP contribution >= 0.6 is 0 Å². The maximum Gasteiger partial charge on any atom is 0.249 e. The third-order valence-corrected chi connectivity index (χ3v) is 3.45. The summed E-state index contributed by atoms with van der Waals surface area (Å²) in [5.41, 5.74) is 1.57. The van der Waals surface area contributed by atoms with Gasteiger partial charge in [-0.05, 0) is 36.4 Å². The van der Waals surface area contributed by atoms with Gasteiger partial charge in [0.25, 0.3) is 0 Å². The Labute approximate surface area is 143 Å². The molecule has 1 aromatic heterocycles. The Morgan fingerprint density at radius 3 is 2.64 bits per heavy atom. The molecular weight excluding hydrogens is 319 g/mol. The number of anilines is 1. The number of halogens is 1. The lowest BCUT2D eigenvalue weighted by atomic mass is 10.2. The molecule has 0 spiro atoms. The van der Waals surface area contributed by atoms with Crippen LogP contribution in [0.1, 0.15) is 11.1 Å². The van der Waals surface area contributed by atoms with Gasteiger partial charge >= 0.3 is 0 Å². The number of carbonyl (C=O) groups excluding carboxylic acids is 1. The third-order valence-electron chi connectivity index (χ3n) is 3.45. The van der Waals surface area contributed by atoms with Gasteiger partial charge in [0.15, 0.2) is 0 Å². The molecule has 1 heterocycles. The lowest BCUT2D eigenvalue weighted by molar-refractivity contribution is -0.111. The Morgan fingerprint density at radius 2 is 1.92 bits per heavy atom. The van der Waals surface area contributed by atoms with Gasteiger partial charge in [-0.25, -0.2) is 9.07 Å². The zero-order chi connectivity index (χ0) is 17.6. The van der Waals surface area contributed by atoms with Crippen LogP contribution in [0.2, 0.25) is 0 Å². The fourth-order valence-corrected chi connectivity index (χ4v) is 2.22. The summed E-state index contributed by atoms with van der Waals surface area (Å²) in [6.07, 6.45) is 4.22. The molecule has 25 heavy (non-hydrogen) atoms. The normalized spacial score (nSPS) is 10.6. The summed E-state index contributed by atoms with van der Waals surface area (Å²) in [4.78, 5) is 12.1. The summed E-state index contributed by atoms with van der Waals surface area (Å²) < 4.78 is 15.1. The smallest absolute Gasteiger partial charge is 0.249 e. The highest BCUT2D eigenvalue weighted by atomic mass is 19.1. The molecule has 0 saturated heterocycles. The molecule has 0 unspecified atom stereocenters. The van der Waals surface area contributed by atoms with E-state index in [9.17, 15) is 9.18 Å². The fraction of sp³-hybridized carbons (Fsp3) is 0. The van der Waals surface area contributed by atoms with Crippen molar-refractivity contribution < 1.29 is 9.18 Å². The van der Waals surface area contributed by atoms with Crippen LogP contribution in [0, 0.1) is 17.1 Å². The summed E-state index contributed by atoms with van der Waals surface area (Å²) in [7, 11) is 0. The lowest BCUT2D eigenvalue weighted by Gasteiger charge is -2.07. The van der Waals surface area contributed by atoms with Crippen molar-refractivity contribution in [1.82, 2.24) is 9.78 Å². The number of aromatic nitrogens is 2. The minimum atomic E-state index is -0.404. The zero-order valence-electron chi connectivity index (χ0n) is 13.1. The van der Waals surface area contributed by atoms with Gasteiger partial charge in [0.2, 0.25) is 5.91 Å². The van der Waals surface area contributed by atoms with Gasteiger partial charge in [-0.15, -0.1) is 0 Å². The number of carbonyl (C=O) groups is 1. The maximum absolute atomic E-state index is 13.5. The molecule has 0 aliphatic heterocycles. The number of hydrogen-bond acceptors (Lipinski definition) is 3. The van der Waals surface area contributed by atoms with Crippen LogP contribution in [0.15, 0.2) is 66.9 Å². The van der Waals surface area contributed by atoms with E-state index >= 15 is 0 Å². The van der Waals surface area contributed by atoms with E-state index in [0.29, 0.717) is 22.6 Å². The number of amides is 1. The van der Waals surface area contributed by atoms with E-state index in [4.69, 9.17) is 5.26 Å². The van der Waals surface area contributed by atoms with E-state index in [2.05, 4.69) is 10.4 Å². The molecule has 5 nitrogen and oxygen atoms in total. The third kappa shape index (κ3) is 3.79. The van der Waals surface area contributed by atoms with Crippen molar-refractivity contribution in [1.29, 1.82) is 5.26 Å². The van der Waals surface area contributed by atoms with Crippen LogP contribution in [-0.4, -0.2) is 15.7 Å². The van der Waals surface area contributed by atoms with Crippen molar-refractivity contribution >= 4 is 17.8 Å². The first-order valence-electron chi connectivity index (χ1n) is 7.45. The minimum absolute atomic E-state index is 0.332. The minimum Gasteiger partial charge on any atom is -0.307 e. The van der Waals surface area contributed by atoms with Crippen molar-refractivity contribution in [3.63, 3.8) is 0 Å². The van der Waals surface area contributed by atoms with Crippen molar-refractivity contribution in [2.45, 2.75) is 0 Å². The van der Waals surface area contributed by atoms with E-state index in [-0.39, 0.29) is 0 Å². The Bertz CT molecular complexity index is 968. The molecule has 0 aliphatic rings. The van der Waals surface area contributed by atoms with Crippen LogP contribution in [-0.2, 0) is 4.79 Å². The number of rotatable bonds is 4. The average molecular weight is 332 g/mol. The molecule has 6 heteroatoms. The first kappa shape index (κ1) is 16.1. The highest BCUT2D eigenvalue weighted by Gasteiger charge is 2.07. The van der Waals surface area contributed by atoms with Crippen LogP contribution in [0.3, 0.4) is 0 Å². The second-order valence-electron chi connectivity index (χ2n) is 5.13. The van der Waals surface area contributed by atoms with Gasteiger partial charge in [-0.3, -0.25) is 4.79 Å². The van der Waals surface area contributed by atoms with Gasteiger partial charge in [-0.1, -0.05) is 18.2 Å². The summed E-state index contributed by atoms with van der Waals surface area (Å²) in [5.74, 6) is -0.333. The molecule has 0 bridgehead atoms. The monoisotopic (exact) mass is 332 g/mol. The van der Waals surface area contributed by atoms with Crippen LogP contribution in [0.4, 0.5) is 10.2 Å². The second-order valence-corrected chi connectivity index (χ2v) is 5.13. The van der Waals surface area contributed by atoms with Gasteiger partial charge in [-0.2, -0.15) is 10.4 Å². The van der Waals surface area contributed by atoms with E-state index in [0.717, 1.165) is 0 Å². The van der Waals surface area contributed by atoms with Crippen molar-refractivity contribution in [3.8, 4) is 11.8 Å². The first-order chi connectivity index (χ1) is 12.2. The molecule has 3 rings (SSSR count). The van der Waals surface area contributed by atoms with Gasteiger partial charge in [0.1, 0.15) is 11.6 Å². The van der Waals surface area contributed by atoms with E-state index in [1.54, 1.807) is 54.7 Å². The number of nitriles is 1. The number of nitrogens with zero attached hydrogens (tertiary/aromatic N) is 3. The zero-order valence-corrected chi connectivity index (χ0v) is 13.1. The molecule has 0 fully saturated rings. The summed E-state index contributed by atoms with van der Waals surface area (Å²) in [5, 5.41) is 15.7. The largest absolute Gasteiger partial charge is 0.307 e. The number of hydrogen-bond donors (Lipinski definition) is 1. The van der Waals surface area contributed by atoms with E-state index < -0.39 is 11.7 Å². The average Bonchev–Trinajstić information content (AvgIpc) is 3.09. The molecule has 0 saturated carbocycles. The predicted molar refractivity (Wildman–Crippen MR) is 92.3 cm³/mol. The topological polar surface area (TPSA) is 70.7 Å². The SMILES string of the molecule is N#Cc1ccc(-n2nccc2NC(=O)/C=C/c2ccccc2F)cc1. The van der Waals surface area contributed by atoms with Gasteiger partial charge < -0.3 is 5.32 Å². The number of nitrogens with one attached hydrogen (secondary N) is 1. The standard InChI is InChI=1S/C19H13FN4O/c20-17-4-2-1-3-15(17)7-10-19(25)23-18-11-12-22-24(18)16-8-5-14(13-21)6-9-16/h1-12H,(H,23,25)/b10-7+. The molecular formula is C19H13FN4O. The summed E-state index contributed by atoms with van der Waals surface area (Å²) in [6, 6.07) is 16.7. The molecule has 0 aliphatic carbocycles. The Morgan fingerprint density at radius 1 is 1.16 bits per heavy atom. The van der Waals surface area contributed by atoms with Crippen molar-refractivity contribution in [2.24, 2.45) is 0 Å². The fourth-order valence-electron chi connectivity index (χ4n) is 2.22. The molecule has 1 amide bonds. The van der Waals surface area contributed by atoms with Crippen molar-refractivity contribution in [2.75, 3.05) is 5.32 Å². The quantitative estimate of drug-likeness (QED) is 0.743. The molecule has 0 atom stereocenters. The van der Waals surface area contributed by atoms with E-state index in [1.165, 1.54) is 22.9 Å². The Kier molecular flexibility index (Phi) is 4.67. The van der Waals surface area contributed by atoms with E-state index in [1.807, 2.05) is 6.07 Å². The number of benzene rings is 2. The maximum atomic E-state index is 13.5. The molecule has 2 aromatic carbocycles. The first-order valence-corrected chi connectivity index (χ1v) is 7.45. The van der Waals surface area contributed by atoms with Crippen LogP contribution < -0.4 is 5.32 Å². The summed E-state index contributed by atoms with van der Waals surface area (Å²) in [6.45, 7) is 0. The Balaban J connectivity index is 1.75. The molecule has 0 radical (unpaired) electrons. The van der Waals surface area contributed by atoms with Gasteiger partial charge in [0.05, 0.1) is 23.5 Å². The Hall–Kier alpha value is -3.72. The van der Waals surface area contributed by atoms with Crippen LogP contribution in [0.25, 0.3) is 11.8 Å². The molecule has 122 valence electrons.